The van der Waals surface area contributed by atoms with Crippen molar-refractivity contribution in [3.8, 4) is 0 Å². The van der Waals surface area contributed by atoms with Crippen molar-refractivity contribution < 1.29 is 13.2 Å². The van der Waals surface area contributed by atoms with E-state index in [1.807, 2.05) is 48.5 Å². The van der Waals surface area contributed by atoms with E-state index in [9.17, 15) is 18.0 Å². The number of hydrogen-bond acceptors (Lipinski definition) is 4. The molecule has 0 aliphatic carbocycles. The fraction of sp³-hybridized carbons (Fsp3) is 0.280. The van der Waals surface area contributed by atoms with Gasteiger partial charge in [-0.15, -0.1) is 0 Å². The first kappa shape index (κ1) is 22.9. The van der Waals surface area contributed by atoms with Gasteiger partial charge in [-0.2, -0.15) is 4.31 Å². The molecule has 2 heterocycles. The number of fused-ring (bicyclic) bond motifs is 2. The number of aromatic nitrogens is 1. The molecule has 0 atom stereocenters. The molecule has 0 saturated carbocycles. The van der Waals surface area contributed by atoms with E-state index in [-0.39, 0.29) is 17.3 Å². The molecule has 4 rings (SSSR count). The number of carbonyl (C=O) groups excluding carboxylic acids is 1. The van der Waals surface area contributed by atoms with Crippen LogP contribution < -0.4 is 10.5 Å². The molecule has 1 aromatic heterocycles. The molecule has 172 valence electrons. The van der Waals surface area contributed by atoms with Gasteiger partial charge in [-0.1, -0.05) is 50.2 Å². The third kappa shape index (κ3) is 4.36. The summed E-state index contributed by atoms with van der Waals surface area (Å²) < 4.78 is 28.4. The van der Waals surface area contributed by atoms with Crippen molar-refractivity contribution >= 4 is 27.3 Å². The van der Waals surface area contributed by atoms with Crippen LogP contribution in [0.4, 0.5) is 11.4 Å². The van der Waals surface area contributed by atoms with Gasteiger partial charge in [0.2, 0.25) is 10.0 Å². The lowest BCUT2D eigenvalue weighted by Gasteiger charge is -2.25. The Hall–Kier alpha value is -3.23. The predicted molar refractivity (Wildman–Crippen MR) is 128 cm³/mol. The SMILES string of the molecule is CCN(CC)S(=O)(=O)c1ccc(=O)n(CC(=O)N2c3ccccc3CCc3ccccc32)c1. The fourth-order valence-electron chi connectivity index (χ4n) is 4.26. The second kappa shape index (κ2) is 9.33. The van der Waals surface area contributed by atoms with Crippen molar-refractivity contribution in [1.82, 2.24) is 8.87 Å². The van der Waals surface area contributed by atoms with Gasteiger partial charge in [-0.25, -0.2) is 8.42 Å². The summed E-state index contributed by atoms with van der Waals surface area (Å²) in [6, 6.07) is 18.0. The molecule has 0 unspecified atom stereocenters. The first-order chi connectivity index (χ1) is 15.9. The molecule has 1 amide bonds. The second-order valence-corrected chi connectivity index (χ2v) is 9.84. The van der Waals surface area contributed by atoms with Crippen LogP contribution in [0.15, 0.2) is 76.6 Å². The summed E-state index contributed by atoms with van der Waals surface area (Å²) in [6.45, 7) is 3.88. The van der Waals surface area contributed by atoms with E-state index in [0.717, 1.165) is 35.3 Å². The zero-order chi connectivity index (χ0) is 23.6. The number of rotatable bonds is 6. The lowest BCUT2D eigenvalue weighted by atomic mass is 10.0. The molecule has 0 spiro atoms. The lowest BCUT2D eigenvalue weighted by molar-refractivity contribution is -0.118. The molecule has 7 nitrogen and oxygen atoms in total. The number of benzene rings is 2. The van der Waals surface area contributed by atoms with Gasteiger partial charge in [0.05, 0.1) is 16.3 Å². The van der Waals surface area contributed by atoms with Crippen LogP contribution in [0.5, 0.6) is 0 Å². The number of carbonyl (C=O) groups is 1. The molecule has 0 bridgehead atoms. The highest BCUT2D eigenvalue weighted by molar-refractivity contribution is 7.89. The number of amides is 1. The third-order valence-corrected chi connectivity index (χ3v) is 8.02. The summed E-state index contributed by atoms with van der Waals surface area (Å²) in [7, 11) is -3.76. The largest absolute Gasteiger partial charge is 0.305 e. The van der Waals surface area contributed by atoms with Crippen LogP contribution in [0.3, 0.4) is 0 Å². The molecular weight excluding hydrogens is 438 g/mol. The highest BCUT2D eigenvalue weighted by Crippen LogP contribution is 2.36. The maximum Gasteiger partial charge on any atom is 0.251 e. The first-order valence-corrected chi connectivity index (χ1v) is 12.5. The fourth-order valence-corrected chi connectivity index (χ4v) is 5.74. The second-order valence-electron chi connectivity index (χ2n) is 7.91. The van der Waals surface area contributed by atoms with Gasteiger partial charge < -0.3 is 4.57 Å². The van der Waals surface area contributed by atoms with Crippen molar-refractivity contribution in [2.75, 3.05) is 18.0 Å². The van der Waals surface area contributed by atoms with E-state index in [2.05, 4.69) is 0 Å². The van der Waals surface area contributed by atoms with Crippen molar-refractivity contribution in [2.24, 2.45) is 0 Å². The van der Waals surface area contributed by atoms with Crippen molar-refractivity contribution in [3.63, 3.8) is 0 Å². The summed E-state index contributed by atoms with van der Waals surface area (Å²) in [5, 5.41) is 0. The number of sulfonamides is 1. The van der Waals surface area contributed by atoms with Crippen LogP contribution in [-0.4, -0.2) is 36.3 Å². The van der Waals surface area contributed by atoms with Crippen molar-refractivity contribution in [3.05, 3.63) is 88.3 Å². The van der Waals surface area contributed by atoms with Crippen LogP contribution >= 0.6 is 0 Å². The Balaban J connectivity index is 1.75. The minimum Gasteiger partial charge on any atom is -0.305 e. The van der Waals surface area contributed by atoms with Gasteiger partial charge >= 0.3 is 0 Å². The number of hydrogen-bond donors (Lipinski definition) is 0. The lowest BCUT2D eigenvalue weighted by Crippen LogP contribution is -2.35. The molecule has 33 heavy (non-hydrogen) atoms. The summed E-state index contributed by atoms with van der Waals surface area (Å²) in [4.78, 5) is 27.8. The molecule has 2 aromatic carbocycles. The van der Waals surface area contributed by atoms with Gasteiger partial charge in [-0.3, -0.25) is 14.5 Å². The van der Waals surface area contributed by atoms with E-state index in [4.69, 9.17) is 0 Å². The Bertz CT molecular complexity index is 1300. The van der Waals surface area contributed by atoms with E-state index in [0.29, 0.717) is 13.1 Å². The quantitative estimate of drug-likeness (QED) is 0.559. The predicted octanol–water partition coefficient (Wildman–Crippen LogP) is 3.34. The molecule has 3 aromatic rings. The summed E-state index contributed by atoms with van der Waals surface area (Å²) in [5.74, 6) is -0.309. The van der Waals surface area contributed by atoms with Gasteiger partial charge in [0.15, 0.2) is 0 Å². The third-order valence-electron chi connectivity index (χ3n) is 5.98. The molecule has 1 aliphatic rings. The molecule has 0 saturated heterocycles. The Labute approximate surface area is 193 Å². The molecule has 0 fully saturated rings. The number of para-hydroxylation sites is 2. The van der Waals surface area contributed by atoms with E-state index < -0.39 is 15.6 Å². The van der Waals surface area contributed by atoms with Gasteiger partial charge in [0.1, 0.15) is 6.54 Å². The highest BCUT2D eigenvalue weighted by atomic mass is 32.2. The monoisotopic (exact) mass is 465 g/mol. The zero-order valence-corrected chi connectivity index (χ0v) is 19.6. The van der Waals surface area contributed by atoms with E-state index in [1.54, 1.807) is 18.7 Å². The maximum absolute atomic E-state index is 13.6. The number of nitrogens with zero attached hydrogens (tertiary/aromatic N) is 3. The minimum absolute atomic E-state index is 0.00438. The van der Waals surface area contributed by atoms with Gasteiger partial charge in [0.25, 0.3) is 11.5 Å². The molecule has 0 radical (unpaired) electrons. The summed E-state index contributed by atoms with van der Waals surface area (Å²) in [6.07, 6.45) is 2.87. The van der Waals surface area contributed by atoms with Crippen LogP contribution in [0.1, 0.15) is 25.0 Å². The molecule has 0 N–H and O–H groups in total. The van der Waals surface area contributed by atoms with Crippen molar-refractivity contribution in [1.29, 1.82) is 0 Å². The Morgan fingerprint density at radius 3 is 1.97 bits per heavy atom. The zero-order valence-electron chi connectivity index (χ0n) is 18.8. The normalized spacial score (nSPS) is 13.4. The number of pyridine rings is 1. The first-order valence-electron chi connectivity index (χ1n) is 11.1. The van der Waals surface area contributed by atoms with Crippen LogP contribution in [0.2, 0.25) is 0 Å². The number of anilines is 2. The molecule has 8 heteroatoms. The van der Waals surface area contributed by atoms with E-state index >= 15 is 0 Å². The van der Waals surface area contributed by atoms with Crippen LogP contribution in [0.25, 0.3) is 0 Å². The van der Waals surface area contributed by atoms with Crippen LogP contribution in [0, 0.1) is 0 Å². The Morgan fingerprint density at radius 1 is 0.879 bits per heavy atom. The standard InChI is InChI=1S/C25H27N3O4S/c1-3-27(4-2)33(31,32)21-15-16-24(29)26(17-21)18-25(30)28-22-11-7-5-9-19(22)13-14-20-10-6-8-12-23(20)28/h5-12,15-17H,3-4,13-14,18H2,1-2H3. The average molecular weight is 466 g/mol. The average Bonchev–Trinajstić information content (AvgIpc) is 2.98. The van der Waals surface area contributed by atoms with Crippen LogP contribution in [-0.2, 0) is 34.2 Å². The maximum atomic E-state index is 13.6. The molecule has 1 aliphatic heterocycles. The van der Waals surface area contributed by atoms with Gasteiger partial charge in [0, 0.05) is 25.4 Å². The van der Waals surface area contributed by atoms with Gasteiger partial charge in [-0.05, 0) is 42.2 Å². The topological polar surface area (TPSA) is 79.7 Å². The summed E-state index contributed by atoms with van der Waals surface area (Å²) in [5.41, 5.74) is 3.23. The Morgan fingerprint density at radius 2 is 1.42 bits per heavy atom. The van der Waals surface area contributed by atoms with E-state index in [1.165, 1.54) is 27.2 Å². The molecular formula is C25H27N3O4S. The Kier molecular flexibility index (Phi) is 6.49. The smallest absolute Gasteiger partial charge is 0.251 e. The highest BCUT2D eigenvalue weighted by Gasteiger charge is 2.27. The minimum atomic E-state index is -3.76. The summed E-state index contributed by atoms with van der Waals surface area (Å²) >= 11 is 0. The van der Waals surface area contributed by atoms with Crippen molar-refractivity contribution in [2.45, 2.75) is 38.1 Å². The number of aryl methyl sites for hydroxylation is 2.